The van der Waals surface area contributed by atoms with Crippen LogP contribution in [0.2, 0.25) is 0 Å². The molecule has 0 aliphatic carbocycles. The zero-order chi connectivity index (χ0) is 13.0. The molecule has 0 aromatic carbocycles. The maximum Gasteiger partial charge on any atom is 0.240 e. The molecule has 1 N–H and O–H groups in total. The minimum absolute atomic E-state index is 0.123. The van der Waals surface area contributed by atoms with Crippen molar-refractivity contribution in [1.29, 1.82) is 0 Å². The van der Waals surface area contributed by atoms with Gasteiger partial charge in [0.05, 0.1) is 6.54 Å². The van der Waals surface area contributed by atoms with Gasteiger partial charge < -0.3 is 10.2 Å². The summed E-state index contributed by atoms with van der Waals surface area (Å²) in [6, 6.07) is 1.67. The number of likely N-dealkylation sites (N-methyl/N-ethyl adjacent to an activating group) is 1. The zero-order valence-corrected chi connectivity index (χ0v) is 10.8. The summed E-state index contributed by atoms with van der Waals surface area (Å²) in [5, 5.41) is 3.26. The summed E-state index contributed by atoms with van der Waals surface area (Å²) >= 11 is 0. The van der Waals surface area contributed by atoms with Crippen molar-refractivity contribution >= 4 is 5.91 Å². The van der Waals surface area contributed by atoms with Crippen LogP contribution in [-0.2, 0) is 11.3 Å². The van der Waals surface area contributed by atoms with E-state index in [1.165, 1.54) is 0 Å². The highest BCUT2D eigenvalue weighted by atomic mass is 16.2. The Bertz CT molecular complexity index is 395. The molecule has 2 rings (SSSR count). The fourth-order valence-corrected chi connectivity index (χ4v) is 2.07. The second-order valence-electron chi connectivity index (χ2n) is 4.59. The molecule has 0 bridgehead atoms. The lowest BCUT2D eigenvalue weighted by Gasteiger charge is -2.35. The largest absolute Gasteiger partial charge is 0.347 e. The first-order valence-electron chi connectivity index (χ1n) is 6.10. The summed E-state index contributed by atoms with van der Waals surface area (Å²) in [7, 11) is 3.57. The number of nitrogens with zero attached hydrogens (tertiary/aromatic N) is 4. The summed E-state index contributed by atoms with van der Waals surface area (Å²) in [5.74, 6) is 0.883. The van der Waals surface area contributed by atoms with Gasteiger partial charge in [0, 0.05) is 46.1 Å². The van der Waals surface area contributed by atoms with Crippen LogP contribution in [-0.4, -0.2) is 65.4 Å². The van der Waals surface area contributed by atoms with Crippen molar-refractivity contribution in [2.24, 2.45) is 0 Å². The second kappa shape index (κ2) is 5.88. The van der Waals surface area contributed by atoms with E-state index in [9.17, 15) is 4.79 Å². The molecule has 1 fully saturated rings. The van der Waals surface area contributed by atoms with Crippen molar-refractivity contribution in [3.05, 3.63) is 24.3 Å². The lowest BCUT2D eigenvalue weighted by atomic mass is 10.1. The predicted molar refractivity (Wildman–Crippen MR) is 67.8 cm³/mol. The first-order valence-corrected chi connectivity index (χ1v) is 6.10. The lowest BCUT2D eigenvalue weighted by molar-refractivity contribution is -0.135. The first kappa shape index (κ1) is 12.9. The normalized spacial score (nSPS) is 20.7. The fraction of sp³-hybridized carbons (Fsp3) is 0.583. The van der Waals surface area contributed by atoms with E-state index in [-0.39, 0.29) is 11.9 Å². The molecule has 1 aliphatic heterocycles. The molecule has 1 saturated heterocycles. The number of hydrogen-bond acceptors (Lipinski definition) is 5. The summed E-state index contributed by atoms with van der Waals surface area (Å²) in [6.45, 7) is 3.03. The standard InChI is InChI=1S/C12H19N5O/c1-16(2)12(18)10-8-13-6-7-17(10)9-11-14-4-3-5-15-11/h3-5,10,13H,6-9H2,1-2H3. The van der Waals surface area contributed by atoms with Gasteiger partial charge in [-0.05, 0) is 6.07 Å². The number of nitrogens with one attached hydrogen (secondary N) is 1. The van der Waals surface area contributed by atoms with Gasteiger partial charge in [-0.2, -0.15) is 0 Å². The molecular formula is C12H19N5O. The van der Waals surface area contributed by atoms with Crippen molar-refractivity contribution in [3.8, 4) is 0 Å². The SMILES string of the molecule is CN(C)C(=O)C1CNCCN1Cc1ncccn1. The van der Waals surface area contributed by atoms with Gasteiger partial charge in [-0.15, -0.1) is 0 Å². The molecule has 1 unspecified atom stereocenters. The van der Waals surface area contributed by atoms with E-state index in [4.69, 9.17) is 0 Å². The lowest BCUT2D eigenvalue weighted by Crippen LogP contribution is -2.57. The average Bonchev–Trinajstić information content (AvgIpc) is 2.39. The van der Waals surface area contributed by atoms with Gasteiger partial charge in [0.2, 0.25) is 5.91 Å². The van der Waals surface area contributed by atoms with E-state index in [1.54, 1.807) is 37.5 Å². The zero-order valence-electron chi connectivity index (χ0n) is 10.8. The molecule has 6 heteroatoms. The Labute approximate surface area is 107 Å². The van der Waals surface area contributed by atoms with Crippen LogP contribution >= 0.6 is 0 Å². The van der Waals surface area contributed by atoms with Crippen LogP contribution in [0.4, 0.5) is 0 Å². The Morgan fingerprint density at radius 1 is 1.50 bits per heavy atom. The summed E-state index contributed by atoms with van der Waals surface area (Å²) < 4.78 is 0. The number of carbonyl (C=O) groups excluding carboxylic acids is 1. The van der Waals surface area contributed by atoms with Crippen molar-refractivity contribution in [3.63, 3.8) is 0 Å². The number of carbonyl (C=O) groups is 1. The predicted octanol–water partition coefficient (Wildman–Crippen LogP) is -0.661. The number of piperazine rings is 1. The molecule has 0 radical (unpaired) electrons. The van der Waals surface area contributed by atoms with E-state index >= 15 is 0 Å². The summed E-state index contributed by atoms with van der Waals surface area (Å²) in [6.07, 6.45) is 3.46. The molecule has 0 spiro atoms. The molecule has 1 amide bonds. The van der Waals surface area contributed by atoms with Crippen molar-refractivity contribution in [1.82, 2.24) is 25.1 Å². The van der Waals surface area contributed by atoms with E-state index < -0.39 is 0 Å². The first-order chi connectivity index (χ1) is 8.68. The van der Waals surface area contributed by atoms with Gasteiger partial charge in [-0.1, -0.05) is 0 Å². The van der Waals surface area contributed by atoms with Crippen LogP contribution in [0.1, 0.15) is 5.82 Å². The van der Waals surface area contributed by atoms with Crippen LogP contribution in [0.15, 0.2) is 18.5 Å². The van der Waals surface area contributed by atoms with Gasteiger partial charge in [0.15, 0.2) is 0 Å². The van der Waals surface area contributed by atoms with Crippen molar-refractivity contribution in [2.75, 3.05) is 33.7 Å². The molecule has 0 saturated carbocycles. The van der Waals surface area contributed by atoms with Crippen molar-refractivity contribution in [2.45, 2.75) is 12.6 Å². The third-order valence-corrected chi connectivity index (χ3v) is 3.04. The highest BCUT2D eigenvalue weighted by Crippen LogP contribution is 2.09. The van der Waals surface area contributed by atoms with Crippen LogP contribution in [0.5, 0.6) is 0 Å². The molecule has 1 aromatic heterocycles. The van der Waals surface area contributed by atoms with Gasteiger partial charge >= 0.3 is 0 Å². The number of amides is 1. The highest BCUT2D eigenvalue weighted by Gasteiger charge is 2.29. The second-order valence-corrected chi connectivity index (χ2v) is 4.59. The Morgan fingerprint density at radius 3 is 2.89 bits per heavy atom. The third-order valence-electron chi connectivity index (χ3n) is 3.04. The monoisotopic (exact) mass is 249 g/mol. The van der Waals surface area contributed by atoms with E-state index in [0.717, 1.165) is 18.9 Å². The molecule has 18 heavy (non-hydrogen) atoms. The molecular weight excluding hydrogens is 230 g/mol. The quantitative estimate of drug-likeness (QED) is 0.770. The fourth-order valence-electron chi connectivity index (χ4n) is 2.07. The summed E-state index contributed by atoms with van der Waals surface area (Å²) in [5.41, 5.74) is 0. The topological polar surface area (TPSA) is 61.4 Å². The Kier molecular flexibility index (Phi) is 4.22. The minimum atomic E-state index is -0.127. The molecule has 1 aromatic rings. The van der Waals surface area contributed by atoms with Gasteiger partial charge in [0.25, 0.3) is 0 Å². The van der Waals surface area contributed by atoms with E-state index in [1.807, 2.05) is 0 Å². The van der Waals surface area contributed by atoms with Crippen LogP contribution in [0.25, 0.3) is 0 Å². The maximum atomic E-state index is 12.1. The van der Waals surface area contributed by atoms with Gasteiger partial charge in [-0.3, -0.25) is 9.69 Å². The molecule has 1 atom stereocenters. The van der Waals surface area contributed by atoms with Gasteiger partial charge in [0.1, 0.15) is 11.9 Å². The molecule has 2 heterocycles. The Morgan fingerprint density at radius 2 is 2.22 bits per heavy atom. The van der Waals surface area contributed by atoms with Crippen LogP contribution < -0.4 is 5.32 Å². The Balaban J connectivity index is 2.06. The maximum absolute atomic E-state index is 12.1. The average molecular weight is 249 g/mol. The highest BCUT2D eigenvalue weighted by molar-refractivity contribution is 5.81. The van der Waals surface area contributed by atoms with Gasteiger partial charge in [-0.25, -0.2) is 9.97 Å². The molecule has 1 aliphatic rings. The minimum Gasteiger partial charge on any atom is -0.347 e. The van der Waals surface area contributed by atoms with E-state index in [2.05, 4.69) is 20.2 Å². The smallest absolute Gasteiger partial charge is 0.240 e. The van der Waals surface area contributed by atoms with Crippen molar-refractivity contribution < 1.29 is 4.79 Å². The van der Waals surface area contributed by atoms with Crippen LogP contribution in [0.3, 0.4) is 0 Å². The van der Waals surface area contributed by atoms with E-state index in [0.29, 0.717) is 13.1 Å². The third kappa shape index (κ3) is 3.02. The van der Waals surface area contributed by atoms with Crippen LogP contribution in [0, 0.1) is 0 Å². The molecule has 98 valence electrons. The number of aromatic nitrogens is 2. The summed E-state index contributed by atoms with van der Waals surface area (Å²) in [4.78, 5) is 24.3. The number of rotatable bonds is 3. The molecule has 6 nitrogen and oxygen atoms in total. The Hall–Kier alpha value is -1.53. The number of hydrogen-bond donors (Lipinski definition) is 1.